The molecule has 0 fully saturated rings. The van der Waals surface area contributed by atoms with Gasteiger partial charge in [0, 0.05) is 7.05 Å². The van der Waals surface area contributed by atoms with Crippen molar-refractivity contribution in [3.05, 3.63) is 36.2 Å². The average Bonchev–Trinajstić information content (AvgIpc) is 2.84. The first-order valence-corrected chi connectivity index (χ1v) is 6.50. The molecule has 2 rings (SSSR count). The molecule has 0 bridgehead atoms. The highest BCUT2D eigenvalue weighted by Gasteiger charge is 2.10. The highest BCUT2D eigenvalue weighted by atomic mass is 32.2. The zero-order chi connectivity index (χ0) is 13.0. The Labute approximate surface area is 110 Å². The van der Waals surface area contributed by atoms with Gasteiger partial charge in [-0.05, 0) is 18.6 Å². The molecule has 1 aromatic heterocycles. The minimum Gasteiger partial charge on any atom is -0.358 e. The number of carbonyl (C=O) groups excluding carboxylic acids is 1. The second-order valence-corrected chi connectivity index (χ2v) is 4.67. The van der Waals surface area contributed by atoms with Gasteiger partial charge in [0.15, 0.2) is 5.16 Å². The van der Waals surface area contributed by atoms with Gasteiger partial charge in [0.1, 0.15) is 6.33 Å². The molecule has 2 aromatic rings. The van der Waals surface area contributed by atoms with Gasteiger partial charge in [-0.1, -0.05) is 30.0 Å². The molecule has 0 unspecified atom stereocenters. The first-order valence-electron chi connectivity index (χ1n) is 5.52. The molecule has 94 valence electrons. The van der Waals surface area contributed by atoms with Crippen LogP contribution in [0, 0.1) is 6.92 Å². The number of carbonyl (C=O) groups is 1. The van der Waals surface area contributed by atoms with Gasteiger partial charge in [-0.3, -0.25) is 9.36 Å². The third-order valence-electron chi connectivity index (χ3n) is 2.50. The number of nitrogens with zero attached hydrogens (tertiary/aromatic N) is 3. The number of aryl methyl sites for hydroxylation is 1. The molecule has 1 amide bonds. The van der Waals surface area contributed by atoms with E-state index in [-0.39, 0.29) is 5.91 Å². The van der Waals surface area contributed by atoms with Crippen LogP contribution in [0.1, 0.15) is 5.56 Å². The highest BCUT2D eigenvalue weighted by Crippen LogP contribution is 2.21. The Balaban J connectivity index is 2.23. The molecule has 5 nitrogen and oxygen atoms in total. The summed E-state index contributed by atoms with van der Waals surface area (Å²) in [6.45, 7) is 2.03. The van der Waals surface area contributed by atoms with Gasteiger partial charge in [-0.25, -0.2) is 0 Å². The largest absolute Gasteiger partial charge is 0.358 e. The van der Waals surface area contributed by atoms with Crippen molar-refractivity contribution in [3.8, 4) is 5.69 Å². The predicted octanol–water partition coefficient (Wildman–Crippen LogP) is 1.41. The standard InChI is InChI=1S/C12H14N4OS/c1-9-5-3-4-6-10(9)16-8-14-15-12(16)18-7-11(17)13-2/h3-6,8H,7H2,1-2H3,(H,13,17). The van der Waals surface area contributed by atoms with E-state index in [1.165, 1.54) is 11.8 Å². The average molecular weight is 262 g/mol. The van der Waals surface area contributed by atoms with Crippen molar-refractivity contribution in [2.24, 2.45) is 0 Å². The van der Waals surface area contributed by atoms with E-state index in [4.69, 9.17) is 0 Å². The maximum Gasteiger partial charge on any atom is 0.230 e. The van der Waals surface area contributed by atoms with Crippen LogP contribution in [0.5, 0.6) is 0 Å². The van der Waals surface area contributed by atoms with Crippen LogP contribution in [0.3, 0.4) is 0 Å². The summed E-state index contributed by atoms with van der Waals surface area (Å²) in [7, 11) is 1.62. The second kappa shape index (κ2) is 5.68. The van der Waals surface area contributed by atoms with Gasteiger partial charge >= 0.3 is 0 Å². The zero-order valence-corrected chi connectivity index (χ0v) is 11.1. The summed E-state index contributed by atoms with van der Waals surface area (Å²) in [5, 5.41) is 11.2. The van der Waals surface area contributed by atoms with Crippen molar-refractivity contribution in [2.75, 3.05) is 12.8 Å². The molecule has 0 aliphatic carbocycles. The molecule has 0 aliphatic heterocycles. The molecular weight excluding hydrogens is 248 g/mol. The molecular formula is C12H14N4OS. The van der Waals surface area contributed by atoms with E-state index in [2.05, 4.69) is 15.5 Å². The van der Waals surface area contributed by atoms with Crippen LogP contribution in [0.2, 0.25) is 0 Å². The number of hydrogen-bond acceptors (Lipinski definition) is 4. The summed E-state index contributed by atoms with van der Waals surface area (Å²) in [6.07, 6.45) is 1.66. The van der Waals surface area contributed by atoms with Crippen molar-refractivity contribution in [3.63, 3.8) is 0 Å². The number of hydrogen-bond donors (Lipinski definition) is 1. The Hall–Kier alpha value is -1.82. The van der Waals surface area contributed by atoms with Crippen LogP contribution >= 0.6 is 11.8 Å². The van der Waals surface area contributed by atoms with Crippen molar-refractivity contribution in [1.29, 1.82) is 0 Å². The Kier molecular flexibility index (Phi) is 3.99. The quantitative estimate of drug-likeness (QED) is 0.846. The summed E-state index contributed by atoms with van der Waals surface area (Å²) in [5.41, 5.74) is 2.17. The number of para-hydroxylation sites is 1. The Morgan fingerprint density at radius 2 is 2.22 bits per heavy atom. The molecule has 0 spiro atoms. The molecule has 1 N–H and O–H groups in total. The van der Waals surface area contributed by atoms with Crippen molar-refractivity contribution in [2.45, 2.75) is 12.1 Å². The molecule has 0 atom stereocenters. The molecule has 0 saturated carbocycles. The van der Waals surface area contributed by atoms with E-state index in [0.717, 1.165) is 11.3 Å². The van der Waals surface area contributed by atoms with E-state index >= 15 is 0 Å². The van der Waals surface area contributed by atoms with E-state index in [1.807, 2.05) is 35.8 Å². The summed E-state index contributed by atoms with van der Waals surface area (Å²) in [6, 6.07) is 7.99. The van der Waals surface area contributed by atoms with Gasteiger partial charge in [0.2, 0.25) is 5.91 Å². The molecule has 18 heavy (non-hydrogen) atoms. The lowest BCUT2D eigenvalue weighted by atomic mass is 10.2. The SMILES string of the molecule is CNC(=O)CSc1nncn1-c1ccccc1C. The third-order valence-corrected chi connectivity index (χ3v) is 3.45. The summed E-state index contributed by atoms with van der Waals surface area (Å²) < 4.78 is 1.89. The van der Waals surface area contributed by atoms with E-state index in [1.54, 1.807) is 13.4 Å². The zero-order valence-electron chi connectivity index (χ0n) is 10.3. The lowest BCUT2D eigenvalue weighted by molar-refractivity contribution is -0.118. The molecule has 1 heterocycles. The fraction of sp³-hybridized carbons (Fsp3) is 0.250. The highest BCUT2D eigenvalue weighted by molar-refractivity contribution is 7.99. The smallest absolute Gasteiger partial charge is 0.230 e. The number of aromatic nitrogens is 3. The van der Waals surface area contributed by atoms with Gasteiger partial charge in [0.25, 0.3) is 0 Å². The lowest BCUT2D eigenvalue weighted by Crippen LogP contribution is -2.20. The maximum atomic E-state index is 11.2. The van der Waals surface area contributed by atoms with Gasteiger partial charge in [-0.2, -0.15) is 0 Å². The number of rotatable bonds is 4. The molecule has 0 saturated heterocycles. The molecule has 0 aliphatic rings. The van der Waals surface area contributed by atoms with Crippen molar-refractivity contribution >= 4 is 17.7 Å². The van der Waals surface area contributed by atoms with Crippen LogP contribution in [-0.4, -0.2) is 33.5 Å². The molecule has 0 radical (unpaired) electrons. The van der Waals surface area contributed by atoms with Crippen LogP contribution in [0.15, 0.2) is 35.7 Å². The number of nitrogens with one attached hydrogen (secondary N) is 1. The fourth-order valence-corrected chi connectivity index (χ4v) is 2.32. The Bertz CT molecular complexity index is 553. The maximum absolute atomic E-state index is 11.2. The summed E-state index contributed by atoms with van der Waals surface area (Å²) >= 11 is 1.37. The Morgan fingerprint density at radius 3 is 2.94 bits per heavy atom. The summed E-state index contributed by atoms with van der Waals surface area (Å²) in [4.78, 5) is 11.2. The van der Waals surface area contributed by atoms with E-state index < -0.39 is 0 Å². The normalized spacial score (nSPS) is 10.3. The predicted molar refractivity (Wildman–Crippen MR) is 70.9 cm³/mol. The first-order chi connectivity index (χ1) is 8.72. The summed E-state index contributed by atoms with van der Waals surface area (Å²) in [5.74, 6) is 0.306. The Morgan fingerprint density at radius 1 is 1.44 bits per heavy atom. The van der Waals surface area contributed by atoms with Gasteiger partial charge in [-0.15, -0.1) is 10.2 Å². The van der Waals surface area contributed by atoms with Gasteiger partial charge in [0.05, 0.1) is 11.4 Å². The number of benzene rings is 1. The fourth-order valence-electron chi connectivity index (χ4n) is 1.52. The van der Waals surface area contributed by atoms with Gasteiger partial charge < -0.3 is 5.32 Å². The van der Waals surface area contributed by atoms with E-state index in [9.17, 15) is 4.79 Å². The van der Waals surface area contributed by atoms with E-state index in [0.29, 0.717) is 10.9 Å². The van der Waals surface area contributed by atoms with Crippen LogP contribution in [0.25, 0.3) is 5.69 Å². The number of thioether (sulfide) groups is 1. The monoisotopic (exact) mass is 262 g/mol. The van der Waals surface area contributed by atoms with Crippen molar-refractivity contribution < 1.29 is 4.79 Å². The first kappa shape index (κ1) is 12.6. The molecule has 6 heteroatoms. The van der Waals surface area contributed by atoms with Crippen LogP contribution in [-0.2, 0) is 4.79 Å². The number of amides is 1. The minimum atomic E-state index is -0.0284. The topological polar surface area (TPSA) is 59.8 Å². The lowest BCUT2D eigenvalue weighted by Gasteiger charge is -2.08. The minimum absolute atomic E-state index is 0.0284. The van der Waals surface area contributed by atoms with Crippen molar-refractivity contribution in [1.82, 2.24) is 20.1 Å². The van der Waals surface area contributed by atoms with Crippen LogP contribution < -0.4 is 5.32 Å². The third kappa shape index (κ3) is 2.70. The second-order valence-electron chi connectivity index (χ2n) is 3.73. The molecule has 1 aromatic carbocycles. The van der Waals surface area contributed by atoms with Crippen LogP contribution in [0.4, 0.5) is 0 Å².